The van der Waals surface area contributed by atoms with Crippen LogP contribution in [0.15, 0.2) is 47.5 Å². The highest BCUT2D eigenvalue weighted by Crippen LogP contribution is 2.38. The van der Waals surface area contributed by atoms with Crippen LogP contribution in [0.2, 0.25) is 0 Å². The first-order valence-corrected chi connectivity index (χ1v) is 7.99. The van der Waals surface area contributed by atoms with Crippen molar-refractivity contribution in [2.45, 2.75) is 13.1 Å². The zero-order valence-corrected chi connectivity index (χ0v) is 17.9. The summed E-state index contributed by atoms with van der Waals surface area (Å²) in [5, 5.41) is 6.57. The molecule has 6 nitrogen and oxygen atoms in total. The van der Waals surface area contributed by atoms with Crippen LogP contribution in [0.4, 0.5) is 0 Å². The van der Waals surface area contributed by atoms with Gasteiger partial charge in [0.05, 0.1) is 21.3 Å². The maximum absolute atomic E-state index is 5.38. The standard InChI is InChI=1S/C19H25N3O3.HI/c1-20-19(21-12-14-8-6-5-7-9-14)22-13-15-10-16(23-2)18(25-4)17(11-15)24-3;/h5-11H,12-13H2,1-4H3,(H2,20,21,22);1H. The molecule has 0 radical (unpaired) electrons. The second-order valence-electron chi connectivity index (χ2n) is 5.30. The number of methoxy groups -OCH3 is 3. The number of benzene rings is 2. The zero-order chi connectivity index (χ0) is 18.1. The lowest BCUT2D eigenvalue weighted by Gasteiger charge is -2.16. The molecule has 142 valence electrons. The fourth-order valence-corrected chi connectivity index (χ4v) is 2.43. The van der Waals surface area contributed by atoms with Gasteiger partial charge in [-0.05, 0) is 23.3 Å². The Morgan fingerprint density at radius 3 is 1.85 bits per heavy atom. The van der Waals surface area contributed by atoms with Gasteiger partial charge in [0.1, 0.15) is 0 Å². The van der Waals surface area contributed by atoms with Crippen molar-refractivity contribution in [3.63, 3.8) is 0 Å². The predicted molar refractivity (Wildman–Crippen MR) is 115 cm³/mol. The molecule has 26 heavy (non-hydrogen) atoms. The van der Waals surface area contributed by atoms with Crippen LogP contribution in [0.5, 0.6) is 17.2 Å². The monoisotopic (exact) mass is 471 g/mol. The number of ether oxygens (including phenoxy) is 3. The molecule has 0 aliphatic heterocycles. The summed E-state index contributed by atoms with van der Waals surface area (Å²) in [5.74, 6) is 2.56. The van der Waals surface area contributed by atoms with E-state index in [1.54, 1.807) is 28.4 Å². The maximum atomic E-state index is 5.38. The van der Waals surface area contributed by atoms with Crippen molar-refractivity contribution in [3.8, 4) is 17.2 Å². The molecule has 7 heteroatoms. The highest BCUT2D eigenvalue weighted by Gasteiger charge is 2.13. The third-order valence-corrected chi connectivity index (χ3v) is 3.71. The Kier molecular flexibility index (Phi) is 9.64. The van der Waals surface area contributed by atoms with E-state index in [1.165, 1.54) is 5.56 Å². The van der Waals surface area contributed by atoms with Gasteiger partial charge in [-0.1, -0.05) is 30.3 Å². The van der Waals surface area contributed by atoms with Crippen molar-refractivity contribution < 1.29 is 14.2 Å². The molecule has 0 aromatic heterocycles. The van der Waals surface area contributed by atoms with E-state index in [1.807, 2.05) is 30.3 Å². The van der Waals surface area contributed by atoms with Gasteiger partial charge in [0.15, 0.2) is 17.5 Å². The number of halogens is 1. The van der Waals surface area contributed by atoms with Crippen LogP contribution in [-0.4, -0.2) is 34.3 Å². The molecule has 2 N–H and O–H groups in total. The Morgan fingerprint density at radius 1 is 0.846 bits per heavy atom. The van der Waals surface area contributed by atoms with Crippen LogP contribution in [-0.2, 0) is 13.1 Å². The molecular weight excluding hydrogens is 445 g/mol. The number of nitrogens with zero attached hydrogens (tertiary/aromatic N) is 1. The van der Waals surface area contributed by atoms with Crippen LogP contribution >= 0.6 is 24.0 Å². The molecule has 2 aromatic rings. The summed E-state index contributed by atoms with van der Waals surface area (Å²) in [7, 11) is 6.55. The summed E-state index contributed by atoms with van der Waals surface area (Å²) in [6, 6.07) is 14.0. The van der Waals surface area contributed by atoms with E-state index in [0.717, 1.165) is 11.5 Å². The molecule has 0 saturated heterocycles. The summed E-state index contributed by atoms with van der Waals surface area (Å²) >= 11 is 0. The van der Waals surface area contributed by atoms with Gasteiger partial charge in [-0.3, -0.25) is 4.99 Å². The lowest BCUT2D eigenvalue weighted by Crippen LogP contribution is -2.36. The van der Waals surface area contributed by atoms with Gasteiger partial charge in [0.25, 0.3) is 0 Å². The molecule has 2 rings (SSSR count). The molecule has 0 bridgehead atoms. The summed E-state index contributed by atoms with van der Waals surface area (Å²) in [6.07, 6.45) is 0. The van der Waals surface area contributed by atoms with Crippen LogP contribution in [0, 0.1) is 0 Å². The van der Waals surface area contributed by atoms with E-state index in [4.69, 9.17) is 14.2 Å². The van der Waals surface area contributed by atoms with Gasteiger partial charge in [-0.25, -0.2) is 0 Å². The molecule has 0 heterocycles. The number of hydrogen-bond donors (Lipinski definition) is 2. The maximum Gasteiger partial charge on any atom is 0.203 e. The van der Waals surface area contributed by atoms with Crippen molar-refractivity contribution in [2.75, 3.05) is 28.4 Å². The minimum atomic E-state index is 0. The molecule has 0 saturated carbocycles. The van der Waals surface area contributed by atoms with Crippen molar-refractivity contribution in [1.29, 1.82) is 0 Å². The van der Waals surface area contributed by atoms with Crippen molar-refractivity contribution in [1.82, 2.24) is 10.6 Å². The minimum absolute atomic E-state index is 0. The Morgan fingerprint density at radius 2 is 1.38 bits per heavy atom. The number of hydrogen-bond acceptors (Lipinski definition) is 4. The van der Waals surface area contributed by atoms with Crippen LogP contribution < -0.4 is 24.8 Å². The summed E-state index contributed by atoms with van der Waals surface area (Å²) in [6.45, 7) is 1.28. The van der Waals surface area contributed by atoms with E-state index in [9.17, 15) is 0 Å². The fraction of sp³-hybridized carbons (Fsp3) is 0.316. The van der Waals surface area contributed by atoms with Gasteiger partial charge >= 0.3 is 0 Å². The summed E-state index contributed by atoms with van der Waals surface area (Å²) < 4.78 is 16.1. The first kappa shape index (κ1) is 21.9. The Hall–Kier alpha value is -2.16. The van der Waals surface area contributed by atoms with Crippen molar-refractivity contribution in [3.05, 3.63) is 53.6 Å². The summed E-state index contributed by atoms with van der Waals surface area (Å²) in [4.78, 5) is 4.24. The Bertz CT molecular complexity index is 683. The largest absolute Gasteiger partial charge is 0.493 e. The van der Waals surface area contributed by atoms with E-state index in [-0.39, 0.29) is 24.0 Å². The fourth-order valence-electron chi connectivity index (χ4n) is 2.43. The molecule has 0 amide bonds. The second-order valence-corrected chi connectivity index (χ2v) is 5.30. The Balaban J connectivity index is 0.00000338. The third kappa shape index (κ3) is 5.98. The highest BCUT2D eigenvalue weighted by atomic mass is 127. The average molecular weight is 471 g/mol. The van der Waals surface area contributed by atoms with Crippen LogP contribution in [0.3, 0.4) is 0 Å². The minimum Gasteiger partial charge on any atom is -0.493 e. The molecule has 2 aromatic carbocycles. The molecule has 0 unspecified atom stereocenters. The van der Waals surface area contributed by atoms with E-state index < -0.39 is 0 Å². The van der Waals surface area contributed by atoms with Crippen LogP contribution in [0.25, 0.3) is 0 Å². The molecular formula is C19H26IN3O3. The number of aliphatic imine (C=N–C) groups is 1. The molecule has 0 atom stereocenters. The zero-order valence-electron chi connectivity index (χ0n) is 15.5. The topological polar surface area (TPSA) is 64.1 Å². The molecule has 0 spiro atoms. The SMILES string of the molecule is CN=C(NCc1ccccc1)NCc1cc(OC)c(OC)c(OC)c1.I. The third-order valence-electron chi connectivity index (χ3n) is 3.71. The first-order valence-electron chi connectivity index (χ1n) is 7.99. The van der Waals surface area contributed by atoms with Gasteiger partial charge in [0.2, 0.25) is 5.75 Å². The van der Waals surface area contributed by atoms with Gasteiger partial charge < -0.3 is 24.8 Å². The van der Waals surface area contributed by atoms with E-state index in [0.29, 0.717) is 30.3 Å². The van der Waals surface area contributed by atoms with E-state index >= 15 is 0 Å². The van der Waals surface area contributed by atoms with Gasteiger partial charge in [-0.2, -0.15) is 0 Å². The average Bonchev–Trinajstić information content (AvgIpc) is 2.67. The lowest BCUT2D eigenvalue weighted by atomic mass is 10.2. The molecule has 0 aliphatic carbocycles. The predicted octanol–water partition coefficient (Wildman–Crippen LogP) is 3.20. The van der Waals surface area contributed by atoms with Crippen LogP contribution in [0.1, 0.15) is 11.1 Å². The normalized spacial score (nSPS) is 10.5. The van der Waals surface area contributed by atoms with Crippen molar-refractivity contribution in [2.24, 2.45) is 4.99 Å². The quantitative estimate of drug-likeness (QED) is 0.369. The smallest absolute Gasteiger partial charge is 0.203 e. The molecule has 0 aliphatic rings. The van der Waals surface area contributed by atoms with Gasteiger partial charge in [-0.15, -0.1) is 24.0 Å². The number of nitrogens with one attached hydrogen (secondary N) is 2. The number of guanidine groups is 1. The number of rotatable bonds is 7. The Labute approximate surface area is 172 Å². The van der Waals surface area contributed by atoms with Gasteiger partial charge in [0, 0.05) is 20.1 Å². The van der Waals surface area contributed by atoms with E-state index in [2.05, 4.69) is 27.8 Å². The lowest BCUT2D eigenvalue weighted by molar-refractivity contribution is 0.323. The molecule has 0 fully saturated rings. The van der Waals surface area contributed by atoms with Crippen molar-refractivity contribution >= 4 is 29.9 Å². The summed E-state index contributed by atoms with van der Waals surface area (Å²) in [5.41, 5.74) is 2.19. The highest BCUT2D eigenvalue weighted by molar-refractivity contribution is 14.0. The second kappa shape index (κ2) is 11.5. The first-order chi connectivity index (χ1) is 12.2.